The van der Waals surface area contributed by atoms with Gasteiger partial charge in [-0.05, 0) is 22.0 Å². The Morgan fingerprint density at radius 1 is 1.90 bits per heavy atom. The third kappa shape index (κ3) is 1.60. The normalized spacial score (nSPS) is 12.2. The average molecular weight is 203 g/mol. The maximum absolute atomic E-state index is 10.8. The fourth-order valence-corrected chi connectivity index (χ4v) is 0.687. The number of halogens is 1. The number of rotatable bonds is 1. The van der Waals surface area contributed by atoms with E-state index in [1.54, 1.807) is 0 Å². The summed E-state index contributed by atoms with van der Waals surface area (Å²) in [6, 6.07) is -0.111. The van der Waals surface area contributed by atoms with Crippen LogP contribution in [0.5, 0.6) is 0 Å². The number of carbonyl (C=O) groups is 1. The first kappa shape index (κ1) is 4.96. The highest BCUT2D eigenvalue weighted by atomic mass is 79.9. The fraction of sp³-hybridized carbons (Fsp3) is 0.167. The molecule has 1 heterocycles. The monoisotopic (exact) mass is 202 g/mol. The number of hydrogen-bond acceptors (Lipinski definition) is 3. The van der Waals surface area contributed by atoms with Crippen molar-refractivity contribution in [3.8, 4) is 0 Å². The van der Waals surface area contributed by atoms with Crippen molar-refractivity contribution >= 4 is 21.7 Å². The lowest BCUT2D eigenvalue weighted by atomic mass is 10.4. The summed E-state index contributed by atoms with van der Waals surface area (Å²) in [7, 11) is 0. The van der Waals surface area contributed by atoms with Gasteiger partial charge in [0.1, 0.15) is 4.60 Å². The molecule has 0 N–H and O–H groups in total. The largest absolute Gasteiger partial charge is 0.291 e. The maximum atomic E-state index is 10.8. The maximum Gasteiger partial charge on any atom is 0.197 e. The lowest BCUT2D eigenvalue weighted by Crippen LogP contribution is -1.99. The van der Waals surface area contributed by atoms with Gasteiger partial charge in [-0.2, -0.15) is 0 Å². The number of carbonyl (C=O) groups excluding carboxylic acids is 1. The molecule has 1 aromatic rings. The summed E-state index contributed by atoms with van der Waals surface area (Å²) in [5.41, 5.74) is 0. The van der Waals surface area contributed by atoms with Crippen molar-refractivity contribution in [2.45, 2.75) is 6.92 Å². The standard InChI is InChI=1S/C6H5BrN2O/c1-4(10)6-8-3-2-5(7)9-6/h2-3H,1H3/i2D,3D. The van der Waals surface area contributed by atoms with E-state index in [-0.39, 0.29) is 28.4 Å². The molecule has 0 saturated carbocycles. The van der Waals surface area contributed by atoms with E-state index in [0.717, 1.165) is 0 Å². The molecule has 1 aromatic heterocycles. The number of hydrogen-bond donors (Lipinski definition) is 0. The van der Waals surface area contributed by atoms with E-state index in [0.29, 0.717) is 0 Å². The van der Waals surface area contributed by atoms with Crippen LogP contribution in [-0.4, -0.2) is 15.8 Å². The highest BCUT2D eigenvalue weighted by molar-refractivity contribution is 9.10. The van der Waals surface area contributed by atoms with Gasteiger partial charge in [0, 0.05) is 13.1 Å². The molecule has 1 rings (SSSR count). The van der Waals surface area contributed by atoms with Crippen LogP contribution in [-0.2, 0) is 0 Å². The average Bonchev–Trinajstić information content (AvgIpc) is 1.99. The van der Waals surface area contributed by atoms with Crippen LogP contribution in [0.4, 0.5) is 0 Å². The van der Waals surface area contributed by atoms with Crippen molar-refractivity contribution in [1.29, 1.82) is 0 Å². The Bertz CT molecular complexity index is 319. The Morgan fingerprint density at radius 2 is 2.60 bits per heavy atom. The summed E-state index contributed by atoms with van der Waals surface area (Å²) < 4.78 is 14.6. The summed E-state index contributed by atoms with van der Waals surface area (Å²) >= 11 is 2.95. The van der Waals surface area contributed by atoms with Crippen molar-refractivity contribution in [1.82, 2.24) is 9.97 Å². The second-order valence-corrected chi connectivity index (χ2v) is 2.38. The zero-order valence-corrected chi connectivity index (χ0v) is 6.77. The minimum absolute atomic E-state index is 0.0390. The molecule has 0 amide bonds. The molecule has 52 valence electrons. The van der Waals surface area contributed by atoms with Gasteiger partial charge in [-0.3, -0.25) is 4.79 Å². The second-order valence-electron chi connectivity index (χ2n) is 1.63. The van der Waals surface area contributed by atoms with Crippen LogP contribution >= 0.6 is 15.9 Å². The molecule has 0 radical (unpaired) electrons. The van der Waals surface area contributed by atoms with Crippen LogP contribution in [0.15, 0.2) is 16.8 Å². The molecule has 0 saturated heterocycles. The molecule has 0 bridgehead atoms. The van der Waals surface area contributed by atoms with Gasteiger partial charge in [-0.15, -0.1) is 0 Å². The van der Waals surface area contributed by atoms with E-state index in [1.165, 1.54) is 6.92 Å². The summed E-state index contributed by atoms with van der Waals surface area (Å²) in [5, 5.41) is 0. The van der Waals surface area contributed by atoms with E-state index < -0.39 is 0 Å². The molecule has 10 heavy (non-hydrogen) atoms. The topological polar surface area (TPSA) is 42.9 Å². The first-order valence-corrected chi connectivity index (χ1v) is 3.33. The molecular weight excluding hydrogens is 196 g/mol. The van der Waals surface area contributed by atoms with Gasteiger partial charge < -0.3 is 0 Å². The molecule has 3 nitrogen and oxygen atoms in total. The zero-order chi connectivity index (χ0) is 9.30. The van der Waals surface area contributed by atoms with Crippen molar-refractivity contribution in [2.24, 2.45) is 0 Å². The summed E-state index contributed by atoms with van der Waals surface area (Å²) in [5.74, 6) is -0.355. The number of Topliss-reactive ketones (excluding diaryl/α,β-unsaturated/α-hetero) is 1. The Morgan fingerprint density at radius 3 is 3.10 bits per heavy atom. The molecular formula is C6H5BrN2O. The second kappa shape index (κ2) is 2.88. The predicted molar refractivity (Wildman–Crippen MR) is 39.7 cm³/mol. The Kier molecular flexibility index (Phi) is 1.43. The Balaban J connectivity index is 3.31. The Labute approximate surface area is 69.4 Å². The smallest absolute Gasteiger partial charge is 0.197 e. The number of nitrogens with zero attached hydrogens (tertiary/aromatic N) is 2. The SMILES string of the molecule is [2H]c1nc(C(C)=O)nc(Br)c1[2H]. The van der Waals surface area contributed by atoms with Crippen LogP contribution in [0.25, 0.3) is 0 Å². The molecule has 0 aliphatic heterocycles. The summed E-state index contributed by atoms with van der Waals surface area (Å²) in [6.45, 7) is 1.31. The third-order valence-electron chi connectivity index (χ3n) is 0.840. The third-order valence-corrected chi connectivity index (χ3v) is 1.22. The van der Waals surface area contributed by atoms with Crippen molar-refractivity contribution in [3.63, 3.8) is 0 Å². The fourth-order valence-electron chi connectivity index (χ4n) is 0.430. The summed E-state index contributed by atoms with van der Waals surface area (Å²) in [4.78, 5) is 18.0. The molecule has 0 aliphatic rings. The van der Waals surface area contributed by atoms with Crippen LogP contribution in [0.3, 0.4) is 0 Å². The predicted octanol–water partition coefficient (Wildman–Crippen LogP) is 1.44. The van der Waals surface area contributed by atoms with Crippen LogP contribution in [0.2, 0.25) is 0 Å². The van der Waals surface area contributed by atoms with Crippen molar-refractivity contribution in [2.75, 3.05) is 0 Å². The van der Waals surface area contributed by atoms with Crippen molar-refractivity contribution in [3.05, 3.63) is 22.6 Å². The first-order chi connectivity index (χ1) is 5.52. The van der Waals surface area contributed by atoms with Crippen LogP contribution in [0.1, 0.15) is 20.3 Å². The highest BCUT2D eigenvalue weighted by Gasteiger charge is 2.00. The van der Waals surface area contributed by atoms with Gasteiger partial charge >= 0.3 is 0 Å². The van der Waals surface area contributed by atoms with Gasteiger partial charge in [-0.25, -0.2) is 9.97 Å². The number of aromatic nitrogens is 2. The van der Waals surface area contributed by atoms with E-state index in [4.69, 9.17) is 2.74 Å². The lowest BCUT2D eigenvalue weighted by Gasteiger charge is -1.91. The molecule has 4 heteroatoms. The minimum atomic E-state index is -0.316. The Hall–Kier alpha value is -0.770. The van der Waals surface area contributed by atoms with Crippen LogP contribution < -0.4 is 0 Å². The first-order valence-electron chi connectivity index (χ1n) is 3.54. The van der Waals surface area contributed by atoms with E-state index >= 15 is 0 Å². The van der Waals surface area contributed by atoms with Gasteiger partial charge in [0.15, 0.2) is 11.6 Å². The lowest BCUT2D eigenvalue weighted by molar-refractivity contribution is 0.100. The highest BCUT2D eigenvalue weighted by Crippen LogP contribution is 2.03. The molecule has 0 atom stereocenters. The van der Waals surface area contributed by atoms with E-state index in [2.05, 4.69) is 25.9 Å². The van der Waals surface area contributed by atoms with Gasteiger partial charge in [0.05, 0.1) is 2.74 Å². The molecule has 0 fully saturated rings. The quantitative estimate of drug-likeness (QED) is 0.512. The molecule has 0 unspecified atom stereocenters. The van der Waals surface area contributed by atoms with Gasteiger partial charge in [0.2, 0.25) is 0 Å². The van der Waals surface area contributed by atoms with Gasteiger partial charge in [0.25, 0.3) is 0 Å². The number of ketones is 1. The molecule has 0 aromatic carbocycles. The van der Waals surface area contributed by atoms with Crippen molar-refractivity contribution < 1.29 is 7.54 Å². The zero-order valence-electron chi connectivity index (χ0n) is 7.18. The van der Waals surface area contributed by atoms with Crippen LogP contribution in [0, 0.1) is 0 Å². The molecule has 0 spiro atoms. The summed E-state index contributed by atoms with van der Waals surface area (Å²) in [6.07, 6.45) is -0.248. The van der Waals surface area contributed by atoms with Gasteiger partial charge in [-0.1, -0.05) is 0 Å². The minimum Gasteiger partial charge on any atom is -0.291 e. The molecule has 0 aliphatic carbocycles. The van der Waals surface area contributed by atoms with E-state index in [9.17, 15) is 4.79 Å². The van der Waals surface area contributed by atoms with E-state index in [1.807, 2.05) is 0 Å².